The molecule has 1 rings (SSSR count). The average molecular weight is 211 g/mol. The van der Waals surface area contributed by atoms with E-state index in [1.165, 1.54) is 0 Å². The number of hydrogen-bond acceptors (Lipinski definition) is 2. The van der Waals surface area contributed by atoms with Gasteiger partial charge in [0.25, 0.3) is 0 Å². The van der Waals surface area contributed by atoms with Crippen molar-refractivity contribution >= 4 is 11.9 Å². The van der Waals surface area contributed by atoms with Crippen LogP contribution in [0.5, 0.6) is 0 Å². The summed E-state index contributed by atoms with van der Waals surface area (Å²) in [6, 6.07) is 0. The largest absolute Gasteiger partial charge is 0.481 e. The third-order valence-electron chi connectivity index (χ3n) is 2.58. The smallest absolute Gasteiger partial charge is 0.307 e. The average Bonchev–Trinajstić information content (AvgIpc) is 2.92. The fourth-order valence-electron chi connectivity index (χ4n) is 1.65. The SMILES string of the molecule is C=C(C)CN(CC)C(=O)[C@@H]1C[C@@H]1C(=O)O. The maximum absolute atomic E-state index is 11.8. The van der Waals surface area contributed by atoms with E-state index in [1.54, 1.807) is 4.90 Å². The van der Waals surface area contributed by atoms with Crippen molar-refractivity contribution in [2.45, 2.75) is 20.3 Å². The van der Waals surface area contributed by atoms with Crippen molar-refractivity contribution in [3.05, 3.63) is 12.2 Å². The van der Waals surface area contributed by atoms with Crippen LogP contribution in [-0.4, -0.2) is 35.0 Å². The summed E-state index contributed by atoms with van der Waals surface area (Å²) in [5.74, 6) is -1.67. The summed E-state index contributed by atoms with van der Waals surface area (Å²) >= 11 is 0. The predicted octanol–water partition coefficient (Wildman–Crippen LogP) is 1.13. The Labute approximate surface area is 89.6 Å². The number of carbonyl (C=O) groups excluding carboxylic acids is 1. The highest BCUT2D eigenvalue weighted by molar-refractivity contribution is 5.89. The number of hydrogen-bond donors (Lipinski definition) is 1. The molecule has 0 saturated heterocycles. The van der Waals surface area contributed by atoms with Gasteiger partial charge in [0.2, 0.25) is 5.91 Å². The second kappa shape index (κ2) is 4.47. The molecule has 4 nitrogen and oxygen atoms in total. The van der Waals surface area contributed by atoms with Gasteiger partial charge in [-0.15, -0.1) is 0 Å². The van der Waals surface area contributed by atoms with Gasteiger partial charge in [0.15, 0.2) is 0 Å². The summed E-state index contributed by atoms with van der Waals surface area (Å²) < 4.78 is 0. The van der Waals surface area contributed by atoms with Crippen LogP contribution in [0.15, 0.2) is 12.2 Å². The molecule has 84 valence electrons. The van der Waals surface area contributed by atoms with Gasteiger partial charge in [0.05, 0.1) is 11.8 Å². The number of carboxylic acid groups (broad SMARTS) is 1. The van der Waals surface area contributed by atoms with E-state index >= 15 is 0 Å². The third-order valence-corrected chi connectivity index (χ3v) is 2.58. The number of carboxylic acids is 1. The van der Waals surface area contributed by atoms with Crippen molar-refractivity contribution in [1.29, 1.82) is 0 Å². The molecule has 15 heavy (non-hydrogen) atoms. The summed E-state index contributed by atoms with van der Waals surface area (Å²) in [5.41, 5.74) is 0.915. The van der Waals surface area contributed by atoms with Gasteiger partial charge < -0.3 is 10.0 Å². The number of amides is 1. The summed E-state index contributed by atoms with van der Waals surface area (Å²) in [6.07, 6.45) is 0.487. The molecule has 0 bridgehead atoms. The molecular formula is C11H17NO3. The molecule has 0 aromatic rings. The Balaban J connectivity index is 2.52. The van der Waals surface area contributed by atoms with Crippen LogP contribution in [0.2, 0.25) is 0 Å². The van der Waals surface area contributed by atoms with Gasteiger partial charge in [-0.1, -0.05) is 12.2 Å². The summed E-state index contributed by atoms with van der Waals surface area (Å²) in [4.78, 5) is 24.1. The monoisotopic (exact) mass is 211 g/mol. The zero-order valence-corrected chi connectivity index (χ0v) is 9.19. The van der Waals surface area contributed by atoms with Crippen LogP contribution in [0.1, 0.15) is 20.3 Å². The van der Waals surface area contributed by atoms with Crippen LogP contribution < -0.4 is 0 Å². The highest BCUT2D eigenvalue weighted by atomic mass is 16.4. The molecule has 0 unspecified atom stereocenters. The number of aliphatic carboxylic acids is 1. The van der Waals surface area contributed by atoms with Crippen LogP contribution in [0.4, 0.5) is 0 Å². The predicted molar refractivity (Wildman–Crippen MR) is 56.3 cm³/mol. The summed E-state index contributed by atoms with van der Waals surface area (Å²) in [6.45, 7) is 8.63. The Bertz CT molecular complexity index is 298. The van der Waals surface area contributed by atoms with Crippen molar-refractivity contribution in [2.75, 3.05) is 13.1 Å². The Morgan fingerprint density at radius 1 is 1.47 bits per heavy atom. The van der Waals surface area contributed by atoms with Gasteiger partial charge in [-0.2, -0.15) is 0 Å². The molecule has 0 radical (unpaired) electrons. The van der Waals surface area contributed by atoms with Gasteiger partial charge in [0, 0.05) is 13.1 Å². The minimum atomic E-state index is -0.861. The van der Waals surface area contributed by atoms with E-state index < -0.39 is 11.9 Å². The van der Waals surface area contributed by atoms with Crippen LogP contribution in [-0.2, 0) is 9.59 Å². The van der Waals surface area contributed by atoms with Gasteiger partial charge in [-0.25, -0.2) is 0 Å². The lowest BCUT2D eigenvalue weighted by Crippen LogP contribution is -2.34. The van der Waals surface area contributed by atoms with Gasteiger partial charge in [0.1, 0.15) is 0 Å². The molecule has 2 atom stereocenters. The second-order valence-electron chi connectivity index (χ2n) is 4.10. The lowest BCUT2D eigenvalue weighted by Gasteiger charge is -2.20. The molecule has 1 amide bonds. The van der Waals surface area contributed by atoms with E-state index in [9.17, 15) is 9.59 Å². The molecule has 1 N–H and O–H groups in total. The van der Waals surface area contributed by atoms with E-state index in [1.807, 2.05) is 13.8 Å². The number of rotatable bonds is 5. The Morgan fingerprint density at radius 3 is 2.40 bits per heavy atom. The van der Waals surface area contributed by atoms with Crippen molar-refractivity contribution < 1.29 is 14.7 Å². The van der Waals surface area contributed by atoms with E-state index in [4.69, 9.17) is 5.11 Å². The Kier molecular flexibility index (Phi) is 3.50. The van der Waals surface area contributed by atoms with Crippen LogP contribution in [0.25, 0.3) is 0 Å². The summed E-state index contributed by atoms with van der Waals surface area (Å²) in [7, 11) is 0. The van der Waals surface area contributed by atoms with Crippen LogP contribution in [0, 0.1) is 11.8 Å². The van der Waals surface area contributed by atoms with Crippen molar-refractivity contribution in [3.63, 3.8) is 0 Å². The van der Waals surface area contributed by atoms with E-state index in [-0.39, 0.29) is 11.8 Å². The molecule has 0 aromatic carbocycles. The molecule has 4 heteroatoms. The number of carbonyl (C=O) groups is 2. The van der Waals surface area contributed by atoms with Gasteiger partial charge in [-0.3, -0.25) is 9.59 Å². The normalized spacial score (nSPS) is 23.3. The molecule has 1 aliphatic rings. The highest BCUT2D eigenvalue weighted by Gasteiger charge is 2.49. The van der Waals surface area contributed by atoms with E-state index in [2.05, 4.69) is 6.58 Å². The zero-order chi connectivity index (χ0) is 11.6. The molecule has 1 saturated carbocycles. The first kappa shape index (κ1) is 11.8. The first-order valence-electron chi connectivity index (χ1n) is 5.13. The lowest BCUT2D eigenvalue weighted by molar-refractivity contribution is -0.141. The van der Waals surface area contributed by atoms with Gasteiger partial charge >= 0.3 is 5.97 Å². The van der Waals surface area contributed by atoms with Crippen molar-refractivity contribution in [2.24, 2.45) is 11.8 Å². The first-order chi connectivity index (χ1) is 6.97. The molecule has 0 aromatic heterocycles. The first-order valence-corrected chi connectivity index (χ1v) is 5.13. The molecule has 0 aliphatic heterocycles. The lowest BCUT2D eigenvalue weighted by atomic mass is 10.2. The number of likely N-dealkylation sites (N-methyl/N-ethyl adjacent to an activating group) is 1. The fourth-order valence-corrected chi connectivity index (χ4v) is 1.65. The van der Waals surface area contributed by atoms with Crippen LogP contribution >= 0.6 is 0 Å². The van der Waals surface area contributed by atoms with Crippen molar-refractivity contribution in [1.82, 2.24) is 4.90 Å². The van der Waals surface area contributed by atoms with E-state index in [0.29, 0.717) is 19.5 Å². The van der Waals surface area contributed by atoms with Gasteiger partial charge in [-0.05, 0) is 20.3 Å². The quantitative estimate of drug-likeness (QED) is 0.693. The maximum atomic E-state index is 11.8. The summed E-state index contributed by atoms with van der Waals surface area (Å²) in [5, 5.41) is 8.72. The highest BCUT2D eigenvalue weighted by Crippen LogP contribution is 2.40. The molecule has 0 spiro atoms. The second-order valence-corrected chi connectivity index (χ2v) is 4.10. The molecular weight excluding hydrogens is 194 g/mol. The van der Waals surface area contributed by atoms with E-state index in [0.717, 1.165) is 5.57 Å². The van der Waals surface area contributed by atoms with Crippen LogP contribution in [0.3, 0.4) is 0 Å². The third kappa shape index (κ3) is 2.81. The Hall–Kier alpha value is -1.32. The standard InChI is InChI=1S/C11H17NO3/c1-4-12(6-7(2)3)10(13)8-5-9(8)11(14)15/h8-9H,2,4-6H2,1,3H3,(H,14,15)/t8-,9+/m1/s1. The topological polar surface area (TPSA) is 57.6 Å². The Morgan fingerprint density at radius 2 is 2.07 bits per heavy atom. The zero-order valence-electron chi connectivity index (χ0n) is 9.19. The molecule has 1 aliphatic carbocycles. The minimum Gasteiger partial charge on any atom is -0.481 e. The minimum absolute atomic E-state index is 0.0482. The van der Waals surface area contributed by atoms with Crippen molar-refractivity contribution in [3.8, 4) is 0 Å². The number of nitrogens with zero attached hydrogens (tertiary/aromatic N) is 1. The fraction of sp³-hybridized carbons (Fsp3) is 0.636. The molecule has 0 heterocycles. The maximum Gasteiger partial charge on any atom is 0.307 e. The molecule has 1 fully saturated rings.